The van der Waals surface area contributed by atoms with Crippen LogP contribution in [-0.4, -0.2) is 39.1 Å². The molecule has 1 aliphatic rings. The largest absolute Gasteiger partial charge is 0.383 e. The van der Waals surface area contributed by atoms with Gasteiger partial charge in [0.15, 0.2) is 5.16 Å². The molecule has 0 spiro atoms. The fourth-order valence-corrected chi connectivity index (χ4v) is 3.71. The van der Waals surface area contributed by atoms with Gasteiger partial charge in [-0.1, -0.05) is 25.6 Å². The van der Waals surface area contributed by atoms with Crippen molar-refractivity contribution >= 4 is 29.3 Å². The number of carbonyl (C=O) groups excluding carboxylic acids is 1. The molecule has 116 valence electrons. The van der Waals surface area contributed by atoms with E-state index in [2.05, 4.69) is 23.8 Å². The number of rotatable bonds is 3. The van der Waals surface area contributed by atoms with Gasteiger partial charge in [-0.3, -0.25) is 4.79 Å². The van der Waals surface area contributed by atoms with E-state index in [-0.39, 0.29) is 11.2 Å². The molecule has 1 fully saturated rings. The highest BCUT2D eigenvalue weighted by molar-refractivity contribution is 8.00. The minimum absolute atomic E-state index is 0.128. The summed E-state index contributed by atoms with van der Waals surface area (Å²) in [5.74, 6) is 1.88. The fraction of sp³-hybridized carbons (Fsp3) is 0.643. The van der Waals surface area contributed by atoms with Gasteiger partial charge in [0.25, 0.3) is 0 Å². The smallest absolute Gasteiger partial charge is 0.235 e. The standard InChI is InChI=1S/C14H23N5OS/c1-8-4-9(2)7-19(6-8)13(20)10(3)21-14-17-11(15)5-12(16)18-14/h5,8-10H,4,6-7H2,1-3H3,(H4,15,16,17,18). The van der Waals surface area contributed by atoms with Crippen LogP contribution in [0.5, 0.6) is 0 Å². The number of piperidine rings is 1. The molecule has 7 heteroatoms. The first-order chi connectivity index (χ1) is 9.85. The molecular weight excluding hydrogens is 286 g/mol. The number of likely N-dealkylation sites (tertiary alicyclic amines) is 1. The van der Waals surface area contributed by atoms with Crippen molar-refractivity contribution in [2.75, 3.05) is 24.6 Å². The van der Waals surface area contributed by atoms with Crippen LogP contribution in [-0.2, 0) is 4.79 Å². The average Bonchev–Trinajstić information content (AvgIpc) is 2.35. The third-order valence-electron chi connectivity index (χ3n) is 3.56. The molecule has 2 rings (SSSR count). The third-order valence-corrected chi connectivity index (χ3v) is 4.50. The summed E-state index contributed by atoms with van der Waals surface area (Å²) >= 11 is 1.30. The Morgan fingerprint density at radius 2 is 1.81 bits per heavy atom. The lowest BCUT2D eigenvalue weighted by Crippen LogP contribution is -2.45. The van der Waals surface area contributed by atoms with Crippen LogP contribution >= 0.6 is 11.8 Å². The van der Waals surface area contributed by atoms with Crippen molar-refractivity contribution in [2.45, 2.75) is 37.6 Å². The first-order valence-electron chi connectivity index (χ1n) is 7.20. The predicted octanol–water partition coefficient (Wildman–Crippen LogP) is 1.63. The second-order valence-corrected chi connectivity index (χ2v) is 7.26. The number of carbonyl (C=O) groups is 1. The summed E-state index contributed by atoms with van der Waals surface area (Å²) in [6.45, 7) is 7.91. The minimum atomic E-state index is -0.247. The molecule has 3 unspecified atom stereocenters. The number of thioether (sulfide) groups is 1. The maximum atomic E-state index is 12.6. The first kappa shape index (κ1) is 15.9. The molecule has 3 atom stereocenters. The van der Waals surface area contributed by atoms with Gasteiger partial charge in [0, 0.05) is 19.2 Å². The van der Waals surface area contributed by atoms with Crippen molar-refractivity contribution in [3.63, 3.8) is 0 Å². The molecule has 6 nitrogen and oxygen atoms in total. The molecule has 1 aliphatic heterocycles. The summed E-state index contributed by atoms with van der Waals surface area (Å²) in [5, 5.41) is 0.204. The van der Waals surface area contributed by atoms with E-state index >= 15 is 0 Å². The molecule has 0 saturated carbocycles. The van der Waals surface area contributed by atoms with Gasteiger partial charge in [-0.15, -0.1) is 0 Å². The zero-order valence-corrected chi connectivity index (χ0v) is 13.6. The van der Waals surface area contributed by atoms with Gasteiger partial charge in [-0.05, 0) is 25.2 Å². The maximum absolute atomic E-state index is 12.6. The molecule has 1 amide bonds. The number of amides is 1. The number of anilines is 2. The molecule has 21 heavy (non-hydrogen) atoms. The maximum Gasteiger partial charge on any atom is 0.235 e. The molecule has 0 aromatic carbocycles. The highest BCUT2D eigenvalue weighted by Gasteiger charge is 2.29. The fourth-order valence-electron chi connectivity index (χ4n) is 2.82. The molecule has 4 N–H and O–H groups in total. The highest BCUT2D eigenvalue weighted by Crippen LogP contribution is 2.26. The summed E-state index contributed by atoms with van der Waals surface area (Å²) in [6, 6.07) is 1.50. The van der Waals surface area contributed by atoms with Gasteiger partial charge in [-0.2, -0.15) is 0 Å². The minimum Gasteiger partial charge on any atom is -0.383 e. The van der Waals surface area contributed by atoms with Crippen molar-refractivity contribution < 1.29 is 4.79 Å². The summed E-state index contributed by atoms with van der Waals surface area (Å²) in [5.41, 5.74) is 11.3. The quantitative estimate of drug-likeness (QED) is 0.650. The Kier molecular flexibility index (Phi) is 4.92. The van der Waals surface area contributed by atoms with Gasteiger partial charge in [0.05, 0.1) is 5.25 Å². The van der Waals surface area contributed by atoms with Crippen molar-refractivity contribution in [3.05, 3.63) is 6.07 Å². The monoisotopic (exact) mass is 309 g/mol. The van der Waals surface area contributed by atoms with E-state index in [0.29, 0.717) is 28.6 Å². The number of nitrogens with zero attached hydrogens (tertiary/aromatic N) is 3. The molecule has 2 heterocycles. The number of nitrogen functional groups attached to an aromatic ring is 2. The third kappa shape index (κ3) is 4.23. The molecule has 1 saturated heterocycles. The molecule has 0 radical (unpaired) electrons. The second kappa shape index (κ2) is 6.51. The van der Waals surface area contributed by atoms with E-state index in [0.717, 1.165) is 13.1 Å². The summed E-state index contributed by atoms with van der Waals surface area (Å²) in [4.78, 5) is 22.7. The van der Waals surface area contributed by atoms with Crippen LogP contribution < -0.4 is 11.5 Å². The Labute approximate surface area is 129 Å². The van der Waals surface area contributed by atoms with E-state index in [1.165, 1.54) is 24.2 Å². The van der Waals surface area contributed by atoms with Gasteiger partial charge < -0.3 is 16.4 Å². The Morgan fingerprint density at radius 3 is 2.33 bits per heavy atom. The van der Waals surface area contributed by atoms with E-state index in [9.17, 15) is 4.79 Å². The Bertz CT molecular complexity index is 494. The normalized spacial score (nSPS) is 23.9. The van der Waals surface area contributed by atoms with Gasteiger partial charge >= 0.3 is 0 Å². The second-order valence-electron chi connectivity index (χ2n) is 5.95. The number of nitrogens with two attached hydrogens (primary N) is 2. The summed E-state index contributed by atoms with van der Waals surface area (Å²) < 4.78 is 0. The Morgan fingerprint density at radius 1 is 1.29 bits per heavy atom. The van der Waals surface area contributed by atoms with Crippen LogP contribution in [0, 0.1) is 11.8 Å². The molecule has 0 aliphatic carbocycles. The lowest BCUT2D eigenvalue weighted by molar-refractivity contribution is -0.132. The van der Waals surface area contributed by atoms with Crippen LogP contribution in [0.1, 0.15) is 27.2 Å². The van der Waals surface area contributed by atoms with Crippen LogP contribution in [0.3, 0.4) is 0 Å². The van der Waals surface area contributed by atoms with Gasteiger partial charge in [0.2, 0.25) is 5.91 Å². The highest BCUT2D eigenvalue weighted by atomic mass is 32.2. The number of aromatic nitrogens is 2. The Balaban J connectivity index is 2.02. The van der Waals surface area contributed by atoms with E-state index in [4.69, 9.17) is 11.5 Å². The average molecular weight is 309 g/mol. The lowest BCUT2D eigenvalue weighted by Gasteiger charge is -2.36. The first-order valence-corrected chi connectivity index (χ1v) is 8.08. The van der Waals surface area contributed by atoms with E-state index < -0.39 is 0 Å². The van der Waals surface area contributed by atoms with Crippen molar-refractivity contribution in [1.29, 1.82) is 0 Å². The lowest BCUT2D eigenvalue weighted by atomic mass is 9.92. The van der Waals surface area contributed by atoms with Gasteiger partial charge in [-0.25, -0.2) is 9.97 Å². The molecular formula is C14H23N5OS. The van der Waals surface area contributed by atoms with Crippen LogP contribution in [0.15, 0.2) is 11.2 Å². The molecule has 1 aromatic rings. The topological polar surface area (TPSA) is 98.1 Å². The molecule has 1 aromatic heterocycles. The Hall–Kier alpha value is -1.50. The predicted molar refractivity (Wildman–Crippen MR) is 85.7 cm³/mol. The SMILES string of the molecule is CC1CC(C)CN(C(=O)C(C)Sc2nc(N)cc(N)n2)C1. The summed E-state index contributed by atoms with van der Waals surface area (Å²) in [6.07, 6.45) is 1.18. The summed E-state index contributed by atoms with van der Waals surface area (Å²) in [7, 11) is 0. The zero-order chi connectivity index (χ0) is 15.6. The van der Waals surface area contributed by atoms with Crippen LogP contribution in [0.4, 0.5) is 11.6 Å². The number of hydrogen-bond acceptors (Lipinski definition) is 6. The number of hydrogen-bond donors (Lipinski definition) is 2. The van der Waals surface area contributed by atoms with Crippen LogP contribution in [0.25, 0.3) is 0 Å². The van der Waals surface area contributed by atoms with E-state index in [1.54, 1.807) is 0 Å². The van der Waals surface area contributed by atoms with Gasteiger partial charge in [0.1, 0.15) is 11.6 Å². The van der Waals surface area contributed by atoms with Crippen LogP contribution in [0.2, 0.25) is 0 Å². The molecule has 0 bridgehead atoms. The van der Waals surface area contributed by atoms with Crippen molar-refractivity contribution in [3.8, 4) is 0 Å². The van der Waals surface area contributed by atoms with E-state index in [1.807, 2.05) is 11.8 Å². The van der Waals surface area contributed by atoms with Crippen molar-refractivity contribution in [2.24, 2.45) is 11.8 Å². The van der Waals surface area contributed by atoms with Crippen molar-refractivity contribution in [1.82, 2.24) is 14.9 Å². The zero-order valence-electron chi connectivity index (χ0n) is 12.7.